The van der Waals surface area contributed by atoms with Gasteiger partial charge in [-0.25, -0.2) is 13.1 Å². The van der Waals surface area contributed by atoms with Crippen LogP contribution >= 0.6 is 11.6 Å². The van der Waals surface area contributed by atoms with Crippen LogP contribution in [0.5, 0.6) is 0 Å². The molecule has 0 atom stereocenters. The smallest absolute Gasteiger partial charge is 0.240 e. The molecule has 1 aliphatic rings. The number of aryl methyl sites for hydroxylation is 1. The summed E-state index contributed by atoms with van der Waals surface area (Å²) in [5.41, 5.74) is 0.760. The molecule has 1 heterocycles. The van der Waals surface area contributed by atoms with Crippen molar-refractivity contribution in [1.82, 2.24) is 4.72 Å². The van der Waals surface area contributed by atoms with E-state index >= 15 is 0 Å². The van der Waals surface area contributed by atoms with Gasteiger partial charge in [-0.15, -0.1) is 0 Å². The molecule has 6 heteroatoms. The summed E-state index contributed by atoms with van der Waals surface area (Å²) in [5, 5.41) is 0.573. The van der Waals surface area contributed by atoms with E-state index in [1.807, 2.05) is 0 Å². The molecular weight excluding hydrogens is 286 g/mol. The maximum Gasteiger partial charge on any atom is 0.240 e. The third-order valence-electron chi connectivity index (χ3n) is 3.34. The van der Waals surface area contributed by atoms with Crippen molar-refractivity contribution in [2.24, 2.45) is 5.92 Å². The van der Waals surface area contributed by atoms with Crippen LogP contribution in [0.1, 0.15) is 18.4 Å². The number of hydrogen-bond acceptors (Lipinski definition) is 3. The minimum absolute atomic E-state index is 0.265. The number of ether oxygens (including phenoxy) is 1. The first-order valence-electron chi connectivity index (χ1n) is 6.32. The largest absolute Gasteiger partial charge is 0.381 e. The van der Waals surface area contributed by atoms with E-state index in [2.05, 4.69) is 4.72 Å². The molecule has 1 saturated heterocycles. The molecule has 1 fully saturated rings. The second-order valence-electron chi connectivity index (χ2n) is 4.82. The van der Waals surface area contributed by atoms with E-state index in [9.17, 15) is 8.42 Å². The predicted molar refractivity (Wildman–Crippen MR) is 74.9 cm³/mol. The number of hydrogen-bond donors (Lipinski definition) is 1. The fraction of sp³-hybridized carbons (Fsp3) is 0.538. The summed E-state index contributed by atoms with van der Waals surface area (Å²) in [6.07, 6.45) is 1.81. The molecule has 4 nitrogen and oxygen atoms in total. The molecule has 1 aromatic rings. The third-order valence-corrected chi connectivity index (χ3v) is 5.19. The molecule has 1 N–H and O–H groups in total. The highest BCUT2D eigenvalue weighted by Crippen LogP contribution is 2.20. The summed E-state index contributed by atoms with van der Waals surface area (Å²) in [7, 11) is -3.45. The molecule has 0 amide bonds. The van der Waals surface area contributed by atoms with Gasteiger partial charge in [-0.2, -0.15) is 0 Å². The molecule has 0 bridgehead atoms. The van der Waals surface area contributed by atoms with Crippen molar-refractivity contribution in [1.29, 1.82) is 0 Å². The van der Waals surface area contributed by atoms with E-state index in [-0.39, 0.29) is 4.90 Å². The molecule has 2 rings (SSSR count). The Bertz CT molecular complexity index is 539. The molecule has 1 aromatic carbocycles. The Balaban J connectivity index is 2.02. The number of halogens is 1. The van der Waals surface area contributed by atoms with Crippen LogP contribution in [0.3, 0.4) is 0 Å². The van der Waals surface area contributed by atoms with Gasteiger partial charge in [-0.3, -0.25) is 0 Å². The lowest BCUT2D eigenvalue weighted by atomic mass is 10.0. The van der Waals surface area contributed by atoms with Gasteiger partial charge in [-0.1, -0.05) is 11.6 Å². The van der Waals surface area contributed by atoms with E-state index in [1.54, 1.807) is 19.1 Å². The maximum atomic E-state index is 12.2. The Hall–Kier alpha value is -0.620. The molecule has 1 aliphatic heterocycles. The second kappa shape index (κ2) is 6.22. The van der Waals surface area contributed by atoms with Gasteiger partial charge in [0.1, 0.15) is 0 Å². The van der Waals surface area contributed by atoms with Crippen LogP contribution in [0, 0.1) is 12.8 Å². The Morgan fingerprint density at radius 2 is 2.05 bits per heavy atom. The van der Waals surface area contributed by atoms with Crippen molar-refractivity contribution in [2.75, 3.05) is 19.8 Å². The molecule has 0 saturated carbocycles. The van der Waals surface area contributed by atoms with Crippen molar-refractivity contribution in [3.05, 3.63) is 28.8 Å². The standard InChI is InChI=1S/C13H18ClNO3S/c1-10-8-12(2-3-13(10)14)19(16,17)15-9-11-4-6-18-7-5-11/h2-3,8,11,15H,4-7,9H2,1H3. The zero-order valence-electron chi connectivity index (χ0n) is 10.9. The third kappa shape index (κ3) is 3.92. The zero-order valence-corrected chi connectivity index (χ0v) is 12.4. The molecule has 0 radical (unpaired) electrons. The van der Waals surface area contributed by atoms with Gasteiger partial charge in [-0.05, 0) is 49.4 Å². The van der Waals surface area contributed by atoms with E-state index in [1.165, 1.54) is 6.07 Å². The number of nitrogens with one attached hydrogen (secondary N) is 1. The van der Waals surface area contributed by atoms with Gasteiger partial charge < -0.3 is 4.74 Å². The van der Waals surface area contributed by atoms with E-state index in [0.717, 1.165) is 18.4 Å². The molecule has 0 unspecified atom stereocenters. The van der Waals surface area contributed by atoms with Gasteiger partial charge in [0.2, 0.25) is 10.0 Å². The number of rotatable bonds is 4. The van der Waals surface area contributed by atoms with Gasteiger partial charge in [0.15, 0.2) is 0 Å². The fourth-order valence-electron chi connectivity index (χ4n) is 2.05. The number of sulfonamides is 1. The maximum absolute atomic E-state index is 12.2. The van der Waals surface area contributed by atoms with Crippen LogP contribution in [0.2, 0.25) is 5.02 Å². The average Bonchev–Trinajstić information content (AvgIpc) is 2.41. The van der Waals surface area contributed by atoms with Crippen molar-refractivity contribution < 1.29 is 13.2 Å². The fourth-order valence-corrected chi connectivity index (χ4v) is 3.36. The first-order valence-corrected chi connectivity index (χ1v) is 8.19. The average molecular weight is 304 g/mol. The summed E-state index contributed by atoms with van der Waals surface area (Å²) < 4.78 is 32.2. The van der Waals surface area contributed by atoms with Crippen LogP contribution in [0.15, 0.2) is 23.1 Å². The van der Waals surface area contributed by atoms with Gasteiger partial charge in [0, 0.05) is 24.8 Å². The van der Waals surface area contributed by atoms with Crippen LogP contribution in [0.4, 0.5) is 0 Å². The lowest BCUT2D eigenvalue weighted by Gasteiger charge is -2.22. The van der Waals surface area contributed by atoms with Crippen LogP contribution in [-0.2, 0) is 14.8 Å². The zero-order chi connectivity index (χ0) is 13.9. The van der Waals surface area contributed by atoms with Gasteiger partial charge in [0.05, 0.1) is 4.90 Å². The lowest BCUT2D eigenvalue weighted by Crippen LogP contribution is -2.32. The monoisotopic (exact) mass is 303 g/mol. The van der Waals surface area contributed by atoms with Crippen LogP contribution in [-0.4, -0.2) is 28.2 Å². The molecule has 0 aliphatic carbocycles. The van der Waals surface area contributed by atoms with Crippen LogP contribution < -0.4 is 4.72 Å². The molecular formula is C13H18ClNO3S. The SMILES string of the molecule is Cc1cc(S(=O)(=O)NCC2CCOCC2)ccc1Cl. The minimum Gasteiger partial charge on any atom is -0.381 e. The van der Waals surface area contributed by atoms with Gasteiger partial charge in [0.25, 0.3) is 0 Å². The second-order valence-corrected chi connectivity index (χ2v) is 6.99. The van der Waals surface area contributed by atoms with Crippen molar-refractivity contribution in [3.63, 3.8) is 0 Å². The molecule has 106 valence electrons. The lowest BCUT2D eigenvalue weighted by molar-refractivity contribution is 0.0678. The molecule has 0 aromatic heterocycles. The Kier molecular flexibility index (Phi) is 4.84. The van der Waals surface area contributed by atoms with E-state index in [4.69, 9.17) is 16.3 Å². The Labute approximate surface area is 119 Å². The predicted octanol–water partition coefficient (Wildman–Crippen LogP) is 2.35. The topological polar surface area (TPSA) is 55.4 Å². The summed E-state index contributed by atoms with van der Waals surface area (Å²) >= 11 is 5.90. The number of benzene rings is 1. The Morgan fingerprint density at radius 1 is 1.37 bits per heavy atom. The first-order chi connectivity index (χ1) is 8.99. The summed E-state index contributed by atoms with van der Waals surface area (Å²) in [6, 6.07) is 4.73. The van der Waals surface area contributed by atoms with Crippen molar-refractivity contribution >= 4 is 21.6 Å². The highest BCUT2D eigenvalue weighted by atomic mass is 35.5. The quantitative estimate of drug-likeness (QED) is 0.929. The van der Waals surface area contributed by atoms with Crippen molar-refractivity contribution in [2.45, 2.75) is 24.7 Å². The Morgan fingerprint density at radius 3 is 2.68 bits per heavy atom. The van der Waals surface area contributed by atoms with Gasteiger partial charge >= 0.3 is 0 Å². The van der Waals surface area contributed by atoms with E-state index < -0.39 is 10.0 Å². The minimum atomic E-state index is -3.45. The summed E-state index contributed by atoms with van der Waals surface area (Å²) in [4.78, 5) is 0.265. The first kappa shape index (κ1) is 14.8. The normalized spacial score (nSPS) is 17.6. The highest BCUT2D eigenvalue weighted by molar-refractivity contribution is 7.89. The van der Waals surface area contributed by atoms with Crippen molar-refractivity contribution in [3.8, 4) is 0 Å². The summed E-state index contributed by atoms with van der Waals surface area (Å²) in [5.74, 6) is 0.358. The summed E-state index contributed by atoms with van der Waals surface area (Å²) in [6.45, 7) is 3.69. The highest BCUT2D eigenvalue weighted by Gasteiger charge is 2.19. The molecule has 19 heavy (non-hydrogen) atoms. The molecule has 0 spiro atoms. The van der Waals surface area contributed by atoms with E-state index in [0.29, 0.717) is 30.7 Å². The van der Waals surface area contributed by atoms with Crippen LogP contribution in [0.25, 0.3) is 0 Å².